The number of esters is 1. The number of benzene rings is 1. The summed E-state index contributed by atoms with van der Waals surface area (Å²) in [5.41, 5.74) is 0.307. The second-order valence-electron chi connectivity index (χ2n) is 4.17. The molecule has 0 aliphatic carbocycles. The lowest BCUT2D eigenvalue weighted by molar-refractivity contribution is 0.0139. The normalized spacial score (nSPS) is 13.9. The summed E-state index contributed by atoms with van der Waals surface area (Å²) >= 11 is 0. The number of aliphatic hydroxyl groups excluding tert-OH is 2. The van der Waals surface area contributed by atoms with E-state index in [0.29, 0.717) is 18.5 Å². The molecular weight excluding hydrogens is 250 g/mol. The van der Waals surface area contributed by atoms with Crippen LogP contribution < -0.4 is 5.32 Å². The van der Waals surface area contributed by atoms with E-state index < -0.39 is 18.2 Å². The van der Waals surface area contributed by atoms with Crippen LogP contribution in [0.4, 0.5) is 0 Å². The standard InChI is InChI=1S/C13H19NO5/c1-14-6-5-11(16)12(17)8-3-4-10(15)9(7-8)13(18)19-2/h3-4,7,11-12,14-17H,5-6H2,1-2H3. The van der Waals surface area contributed by atoms with Gasteiger partial charge in [0.2, 0.25) is 0 Å². The van der Waals surface area contributed by atoms with Gasteiger partial charge in [-0.05, 0) is 37.7 Å². The molecule has 0 aliphatic rings. The van der Waals surface area contributed by atoms with E-state index in [-0.39, 0.29) is 11.3 Å². The Hall–Kier alpha value is -1.63. The highest BCUT2D eigenvalue weighted by atomic mass is 16.5. The monoisotopic (exact) mass is 269 g/mol. The van der Waals surface area contributed by atoms with E-state index in [4.69, 9.17) is 0 Å². The molecule has 106 valence electrons. The Kier molecular flexibility index (Phi) is 5.75. The smallest absolute Gasteiger partial charge is 0.341 e. The number of aliphatic hydroxyl groups is 2. The first-order valence-corrected chi connectivity index (χ1v) is 5.93. The number of phenols is 1. The maximum absolute atomic E-state index is 11.4. The predicted octanol–water partition coefficient (Wildman–Crippen LogP) is 0.183. The molecule has 0 aliphatic heterocycles. The Labute approximate surface area is 111 Å². The fourth-order valence-corrected chi connectivity index (χ4v) is 1.68. The van der Waals surface area contributed by atoms with Gasteiger partial charge in [0.05, 0.1) is 13.2 Å². The number of phenolic OH excluding ortho intramolecular Hbond substituents is 1. The lowest BCUT2D eigenvalue weighted by atomic mass is 9.99. The van der Waals surface area contributed by atoms with Crippen molar-refractivity contribution in [1.82, 2.24) is 5.32 Å². The van der Waals surface area contributed by atoms with Crippen LogP contribution in [-0.2, 0) is 4.74 Å². The van der Waals surface area contributed by atoms with Crippen LogP contribution in [0.5, 0.6) is 5.75 Å². The maximum Gasteiger partial charge on any atom is 0.341 e. The molecule has 0 saturated carbocycles. The van der Waals surface area contributed by atoms with Crippen molar-refractivity contribution in [2.45, 2.75) is 18.6 Å². The maximum atomic E-state index is 11.4. The Morgan fingerprint density at radius 1 is 1.42 bits per heavy atom. The van der Waals surface area contributed by atoms with Gasteiger partial charge in [-0.3, -0.25) is 0 Å². The molecule has 1 aromatic rings. The van der Waals surface area contributed by atoms with E-state index in [2.05, 4.69) is 10.1 Å². The van der Waals surface area contributed by atoms with Crippen LogP contribution >= 0.6 is 0 Å². The molecule has 0 spiro atoms. The average Bonchev–Trinajstić information content (AvgIpc) is 2.43. The zero-order chi connectivity index (χ0) is 14.4. The van der Waals surface area contributed by atoms with Crippen molar-refractivity contribution in [2.75, 3.05) is 20.7 Å². The number of carbonyl (C=O) groups is 1. The van der Waals surface area contributed by atoms with E-state index in [1.54, 1.807) is 7.05 Å². The molecule has 1 rings (SSSR count). The molecule has 2 atom stereocenters. The van der Waals surface area contributed by atoms with E-state index in [1.807, 2.05) is 0 Å². The number of hydrogen-bond acceptors (Lipinski definition) is 6. The third kappa shape index (κ3) is 3.92. The van der Waals surface area contributed by atoms with Gasteiger partial charge in [0, 0.05) is 0 Å². The molecular formula is C13H19NO5. The van der Waals surface area contributed by atoms with Gasteiger partial charge >= 0.3 is 5.97 Å². The summed E-state index contributed by atoms with van der Waals surface area (Å²) in [5, 5.41) is 32.2. The molecule has 2 unspecified atom stereocenters. The third-order valence-corrected chi connectivity index (χ3v) is 2.82. The number of hydrogen-bond donors (Lipinski definition) is 4. The van der Waals surface area contributed by atoms with E-state index >= 15 is 0 Å². The predicted molar refractivity (Wildman–Crippen MR) is 69.0 cm³/mol. The zero-order valence-corrected chi connectivity index (χ0v) is 11.0. The Bertz CT molecular complexity index is 435. The minimum atomic E-state index is -1.13. The molecule has 0 aromatic heterocycles. The van der Waals surface area contributed by atoms with Crippen LogP contribution in [0, 0.1) is 0 Å². The summed E-state index contributed by atoms with van der Waals surface area (Å²) in [6.45, 7) is 0.556. The van der Waals surface area contributed by atoms with Crippen LogP contribution in [0.2, 0.25) is 0 Å². The van der Waals surface area contributed by atoms with Crippen molar-refractivity contribution < 1.29 is 24.9 Å². The number of rotatable bonds is 6. The van der Waals surface area contributed by atoms with Gasteiger partial charge in [-0.2, -0.15) is 0 Å². The molecule has 0 radical (unpaired) electrons. The summed E-state index contributed by atoms with van der Waals surface area (Å²) in [6, 6.07) is 4.05. The van der Waals surface area contributed by atoms with Crippen molar-refractivity contribution in [3.8, 4) is 5.75 Å². The molecule has 4 N–H and O–H groups in total. The fraction of sp³-hybridized carbons (Fsp3) is 0.462. The highest BCUT2D eigenvalue weighted by molar-refractivity contribution is 5.92. The molecule has 6 nitrogen and oxygen atoms in total. The van der Waals surface area contributed by atoms with Crippen molar-refractivity contribution in [3.63, 3.8) is 0 Å². The Morgan fingerprint density at radius 2 is 2.11 bits per heavy atom. The summed E-state index contributed by atoms with van der Waals surface area (Å²) in [4.78, 5) is 11.4. The first-order chi connectivity index (χ1) is 9.01. The highest BCUT2D eigenvalue weighted by Gasteiger charge is 2.21. The summed E-state index contributed by atoms with van der Waals surface area (Å²) in [5.74, 6) is -0.927. The topological polar surface area (TPSA) is 99.0 Å². The van der Waals surface area contributed by atoms with E-state index in [9.17, 15) is 20.1 Å². The minimum Gasteiger partial charge on any atom is -0.507 e. The van der Waals surface area contributed by atoms with Crippen molar-refractivity contribution in [3.05, 3.63) is 29.3 Å². The van der Waals surface area contributed by atoms with Crippen LogP contribution in [0.15, 0.2) is 18.2 Å². The number of methoxy groups -OCH3 is 1. The molecule has 0 fully saturated rings. The zero-order valence-electron chi connectivity index (χ0n) is 11.0. The average molecular weight is 269 g/mol. The molecule has 0 saturated heterocycles. The van der Waals surface area contributed by atoms with Crippen LogP contribution in [-0.4, -0.2) is 48.1 Å². The van der Waals surface area contributed by atoms with Crippen molar-refractivity contribution in [1.29, 1.82) is 0 Å². The summed E-state index contributed by atoms with van der Waals surface area (Å²) in [7, 11) is 2.95. The van der Waals surface area contributed by atoms with E-state index in [0.717, 1.165) is 0 Å². The number of ether oxygens (including phenoxy) is 1. The lowest BCUT2D eigenvalue weighted by Gasteiger charge is -2.18. The number of carbonyl (C=O) groups excluding carboxylic acids is 1. The second-order valence-corrected chi connectivity index (χ2v) is 4.17. The quantitative estimate of drug-likeness (QED) is 0.550. The van der Waals surface area contributed by atoms with Crippen molar-refractivity contribution >= 4 is 5.97 Å². The Balaban J connectivity index is 2.92. The SMILES string of the molecule is CNCCC(O)C(O)c1ccc(O)c(C(=O)OC)c1. The first-order valence-electron chi connectivity index (χ1n) is 5.93. The molecule has 6 heteroatoms. The van der Waals surface area contributed by atoms with Crippen LogP contribution in [0.25, 0.3) is 0 Å². The van der Waals surface area contributed by atoms with Gasteiger partial charge in [0.1, 0.15) is 17.4 Å². The molecule has 0 bridgehead atoms. The van der Waals surface area contributed by atoms with Gasteiger partial charge in [0.25, 0.3) is 0 Å². The fourth-order valence-electron chi connectivity index (χ4n) is 1.68. The largest absolute Gasteiger partial charge is 0.507 e. The number of nitrogens with one attached hydrogen (secondary N) is 1. The Morgan fingerprint density at radius 3 is 2.68 bits per heavy atom. The summed E-state index contributed by atoms with van der Waals surface area (Å²) < 4.78 is 4.52. The van der Waals surface area contributed by atoms with Gasteiger partial charge < -0.3 is 25.4 Å². The third-order valence-electron chi connectivity index (χ3n) is 2.82. The molecule has 0 amide bonds. The summed E-state index contributed by atoms with van der Waals surface area (Å²) in [6.07, 6.45) is -1.72. The second kappa shape index (κ2) is 7.08. The van der Waals surface area contributed by atoms with E-state index in [1.165, 1.54) is 25.3 Å². The highest BCUT2D eigenvalue weighted by Crippen LogP contribution is 2.25. The molecule has 0 heterocycles. The van der Waals surface area contributed by atoms with Gasteiger partial charge in [-0.15, -0.1) is 0 Å². The van der Waals surface area contributed by atoms with Gasteiger partial charge in [-0.25, -0.2) is 4.79 Å². The van der Waals surface area contributed by atoms with Gasteiger partial charge in [-0.1, -0.05) is 6.07 Å². The number of aromatic hydroxyl groups is 1. The van der Waals surface area contributed by atoms with Gasteiger partial charge in [0.15, 0.2) is 0 Å². The van der Waals surface area contributed by atoms with Crippen molar-refractivity contribution in [2.24, 2.45) is 0 Å². The van der Waals surface area contributed by atoms with Crippen LogP contribution in [0.3, 0.4) is 0 Å². The minimum absolute atomic E-state index is 0.0418. The molecule has 19 heavy (non-hydrogen) atoms. The lowest BCUT2D eigenvalue weighted by Crippen LogP contribution is -2.23. The van der Waals surface area contributed by atoms with Crippen LogP contribution in [0.1, 0.15) is 28.4 Å². The first kappa shape index (κ1) is 15.4. The molecule has 1 aromatic carbocycles.